The molecule has 0 spiro atoms. The number of fused-ring (bicyclic) bond motifs is 1. The van der Waals surface area contributed by atoms with Crippen LogP contribution in [0.15, 0.2) is 36.5 Å². The predicted octanol–water partition coefficient (Wildman–Crippen LogP) is 3.73. The van der Waals surface area contributed by atoms with Crippen molar-refractivity contribution in [2.75, 3.05) is 26.2 Å². The molecule has 0 bridgehead atoms. The average Bonchev–Trinajstić information content (AvgIpc) is 3.57. The number of rotatable bonds is 6. The Kier molecular flexibility index (Phi) is 7.23. The summed E-state index contributed by atoms with van der Waals surface area (Å²) in [5.41, 5.74) is 0.491. The van der Waals surface area contributed by atoms with Crippen molar-refractivity contribution in [1.29, 1.82) is 0 Å². The third-order valence-corrected chi connectivity index (χ3v) is 7.57. The van der Waals surface area contributed by atoms with Crippen LogP contribution in [0.2, 0.25) is 0 Å². The van der Waals surface area contributed by atoms with Gasteiger partial charge in [0.25, 0.3) is 5.91 Å². The van der Waals surface area contributed by atoms with Crippen molar-refractivity contribution < 1.29 is 22.8 Å². The van der Waals surface area contributed by atoms with Gasteiger partial charge in [0.2, 0.25) is 5.91 Å². The van der Waals surface area contributed by atoms with E-state index in [-0.39, 0.29) is 34.3 Å². The summed E-state index contributed by atoms with van der Waals surface area (Å²) in [4.78, 5) is 32.9. The number of alkyl halides is 3. The van der Waals surface area contributed by atoms with Crippen LogP contribution in [0.1, 0.15) is 53.8 Å². The Morgan fingerprint density at radius 3 is 2.49 bits per heavy atom. The number of aromatic nitrogens is 3. The zero-order valence-electron chi connectivity index (χ0n) is 20.5. The highest BCUT2D eigenvalue weighted by molar-refractivity contribution is 5.98. The Hall–Kier alpha value is -3.34. The van der Waals surface area contributed by atoms with Crippen LogP contribution in [-0.2, 0) is 17.4 Å². The Morgan fingerprint density at radius 2 is 1.81 bits per heavy atom. The fourth-order valence-corrected chi connectivity index (χ4v) is 5.45. The Balaban J connectivity index is 1.08. The Bertz CT molecular complexity index is 1220. The molecule has 3 aromatic rings. The highest BCUT2D eigenvalue weighted by Crippen LogP contribution is 2.33. The summed E-state index contributed by atoms with van der Waals surface area (Å²) in [6.45, 7) is 3.22. The summed E-state index contributed by atoms with van der Waals surface area (Å²) >= 11 is 0. The van der Waals surface area contributed by atoms with Gasteiger partial charge >= 0.3 is 6.18 Å². The van der Waals surface area contributed by atoms with Crippen molar-refractivity contribution in [3.05, 3.63) is 53.5 Å². The topological polar surface area (TPSA) is 97.1 Å². The number of nitrogens with zero attached hydrogens (tertiary/aromatic N) is 3. The number of nitrogens with one attached hydrogen (secondary N) is 3. The number of H-pyrrole nitrogens is 2. The maximum absolute atomic E-state index is 13.2. The van der Waals surface area contributed by atoms with Gasteiger partial charge in [-0.2, -0.15) is 18.3 Å². The predicted molar refractivity (Wildman–Crippen MR) is 132 cm³/mol. The van der Waals surface area contributed by atoms with Gasteiger partial charge in [0.05, 0.1) is 5.52 Å². The smallest absolute Gasteiger partial charge is 0.365 e. The van der Waals surface area contributed by atoms with E-state index in [9.17, 15) is 22.8 Å². The Labute approximate surface area is 212 Å². The van der Waals surface area contributed by atoms with E-state index in [0.717, 1.165) is 64.0 Å². The molecule has 2 amide bonds. The minimum Gasteiger partial charge on any atom is -0.365 e. The number of amides is 2. The van der Waals surface area contributed by atoms with Crippen molar-refractivity contribution >= 4 is 22.7 Å². The van der Waals surface area contributed by atoms with E-state index in [2.05, 4.69) is 20.3 Å². The monoisotopic (exact) mass is 516 g/mol. The van der Waals surface area contributed by atoms with Crippen LogP contribution in [0.4, 0.5) is 13.2 Å². The molecule has 198 valence electrons. The quantitative estimate of drug-likeness (QED) is 0.465. The fraction of sp³-hybridized carbons (Fsp3) is 0.500. The van der Waals surface area contributed by atoms with E-state index >= 15 is 0 Å². The number of benzene rings is 1. The number of piperidine rings is 2. The van der Waals surface area contributed by atoms with Crippen molar-refractivity contribution in [1.82, 2.24) is 30.3 Å². The molecule has 1 aromatic carbocycles. The van der Waals surface area contributed by atoms with Gasteiger partial charge in [0.1, 0.15) is 5.69 Å². The summed E-state index contributed by atoms with van der Waals surface area (Å²) < 4.78 is 39.6. The lowest BCUT2D eigenvalue weighted by Crippen LogP contribution is -2.51. The fourth-order valence-electron chi connectivity index (χ4n) is 5.45. The maximum atomic E-state index is 13.2. The molecule has 8 nitrogen and oxygen atoms in total. The van der Waals surface area contributed by atoms with Gasteiger partial charge in [-0.05, 0) is 62.4 Å². The molecule has 0 atom stereocenters. The number of halogens is 3. The molecule has 0 radical (unpaired) electrons. The van der Waals surface area contributed by atoms with E-state index in [1.54, 1.807) is 0 Å². The van der Waals surface area contributed by atoms with Crippen LogP contribution in [0.5, 0.6) is 0 Å². The molecule has 5 rings (SSSR count). The molecular formula is C26H31F3N6O2. The van der Waals surface area contributed by atoms with E-state index in [4.69, 9.17) is 0 Å². The number of carbonyl (C=O) groups excluding carboxylic acids is 2. The first-order valence-corrected chi connectivity index (χ1v) is 12.8. The van der Waals surface area contributed by atoms with E-state index in [0.29, 0.717) is 12.5 Å². The average molecular weight is 517 g/mol. The van der Waals surface area contributed by atoms with Crippen molar-refractivity contribution in [3.63, 3.8) is 0 Å². The molecule has 37 heavy (non-hydrogen) atoms. The summed E-state index contributed by atoms with van der Waals surface area (Å²) in [5.74, 6) is -0.175. The standard InChI is InChI=1S/C26H31F3N6O2/c27-26(28,29)24-21-16-17(3-5-22(21)32-33-24)25(37)31-19-7-12-34(13-8-19)20-9-14-35(15-10-20)23(36)6-4-18-2-1-11-30-18/h1-3,5,11,16,19-20,30H,4,6-10,12-15H2,(H,31,37)(H,32,33). The zero-order valence-corrected chi connectivity index (χ0v) is 20.5. The first-order chi connectivity index (χ1) is 17.8. The van der Waals surface area contributed by atoms with Crippen LogP contribution in [-0.4, -0.2) is 75.1 Å². The normalized spacial score (nSPS) is 18.4. The van der Waals surface area contributed by atoms with Gasteiger partial charge in [-0.15, -0.1) is 0 Å². The molecule has 2 aliphatic heterocycles. The van der Waals surface area contributed by atoms with Gasteiger partial charge in [-0.25, -0.2) is 0 Å². The lowest BCUT2D eigenvalue weighted by Gasteiger charge is -2.42. The van der Waals surface area contributed by atoms with Crippen molar-refractivity contribution in [3.8, 4) is 0 Å². The molecule has 2 fully saturated rings. The summed E-state index contributed by atoms with van der Waals surface area (Å²) in [7, 11) is 0. The van der Waals surface area contributed by atoms with Crippen LogP contribution in [0, 0.1) is 0 Å². The molecule has 0 unspecified atom stereocenters. The maximum Gasteiger partial charge on any atom is 0.433 e. The van der Waals surface area contributed by atoms with Crippen LogP contribution in [0.25, 0.3) is 10.9 Å². The molecule has 11 heteroatoms. The molecule has 2 aromatic heterocycles. The number of likely N-dealkylation sites (tertiary alicyclic amines) is 2. The van der Waals surface area contributed by atoms with Gasteiger partial charge in [0.15, 0.2) is 0 Å². The van der Waals surface area contributed by atoms with Crippen LogP contribution in [0.3, 0.4) is 0 Å². The van der Waals surface area contributed by atoms with Gasteiger partial charge in [-0.1, -0.05) is 0 Å². The van der Waals surface area contributed by atoms with Crippen molar-refractivity contribution in [2.24, 2.45) is 0 Å². The molecule has 2 aliphatic rings. The third-order valence-electron chi connectivity index (χ3n) is 7.57. The van der Waals surface area contributed by atoms with E-state index in [1.807, 2.05) is 28.3 Å². The summed E-state index contributed by atoms with van der Waals surface area (Å²) in [6, 6.07) is 8.50. The molecule has 3 N–H and O–H groups in total. The molecule has 4 heterocycles. The number of hydrogen-bond donors (Lipinski definition) is 3. The number of hydrogen-bond acceptors (Lipinski definition) is 4. The lowest BCUT2D eigenvalue weighted by atomic mass is 9.97. The first kappa shape index (κ1) is 25.3. The molecule has 0 saturated carbocycles. The minimum atomic E-state index is -4.57. The van der Waals surface area contributed by atoms with Gasteiger partial charge in [0, 0.05) is 67.5 Å². The lowest BCUT2D eigenvalue weighted by molar-refractivity contribution is -0.140. The molecular weight excluding hydrogens is 485 g/mol. The number of carbonyl (C=O) groups is 2. The zero-order chi connectivity index (χ0) is 26.0. The second kappa shape index (κ2) is 10.6. The molecule has 2 saturated heterocycles. The van der Waals surface area contributed by atoms with Crippen molar-refractivity contribution in [2.45, 2.75) is 56.8 Å². The van der Waals surface area contributed by atoms with Crippen LogP contribution >= 0.6 is 0 Å². The SMILES string of the molecule is O=C(NC1CCN(C2CCN(C(=O)CCc3ccc[nH]3)CC2)CC1)c1ccc2n[nH]c(C(F)(F)F)c2c1. The minimum absolute atomic E-state index is 0.0273. The molecule has 0 aliphatic carbocycles. The second-order valence-corrected chi connectivity index (χ2v) is 9.92. The number of aryl methyl sites for hydroxylation is 1. The highest BCUT2D eigenvalue weighted by Gasteiger charge is 2.35. The van der Waals surface area contributed by atoms with E-state index < -0.39 is 11.9 Å². The number of aromatic amines is 2. The largest absolute Gasteiger partial charge is 0.433 e. The first-order valence-electron chi connectivity index (χ1n) is 12.8. The summed E-state index contributed by atoms with van der Waals surface area (Å²) in [5, 5.41) is 8.59. The van der Waals surface area contributed by atoms with Gasteiger partial charge < -0.3 is 20.1 Å². The van der Waals surface area contributed by atoms with E-state index in [1.165, 1.54) is 18.2 Å². The van der Waals surface area contributed by atoms with Crippen LogP contribution < -0.4 is 5.32 Å². The highest BCUT2D eigenvalue weighted by atomic mass is 19.4. The summed E-state index contributed by atoms with van der Waals surface area (Å²) in [6.07, 6.45) is 1.99. The second-order valence-electron chi connectivity index (χ2n) is 9.92. The Morgan fingerprint density at radius 1 is 1.05 bits per heavy atom. The van der Waals surface area contributed by atoms with Gasteiger partial charge in [-0.3, -0.25) is 14.7 Å². The third kappa shape index (κ3) is 5.82.